The Hall–Kier alpha value is -0.900. The minimum atomic E-state index is 0.0382. The van der Waals surface area contributed by atoms with E-state index in [0.717, 1.165) is 24.0 Å². The number of halogens is 1. The Labute approximate surface area is 110 Å². The van der Waals surface area contributed by atoms with Crippen LogP contribution in [-0.2, 0) is 0 Å². The Balaban J connectivity index is 2.14. The zero-order valence-electron chi connectivity index (χ0n) is 10.2. The Bertz CT molecular complexity index is 422. The van der Waals surface area contributed by atoms with Crippen LogP contribution in [0.5, 0.6) is 0 Å². The molecule has 2 rings (SSSR count). The van der Waals surface area contributed by atoms with Crippen molar-refractivity contribution in [3.63, 3.8) is 0 Å². The van der Waals surface area contributed by atoms with E-state index in [-0.39, 0.29) is 5.91 Å². The van der Waals surface area contributed by atoms with Crippen LogP contribution in [0.2, 0.25) is 0 Å². The second kappa shape index (κ2) is 5.17. The van der Waals surface area contributed by atoms with Crippen molar-refractivity contribution in [1.82, 2.24) is 9.88 Å². The number of hydrogen-bond acceptors (Lipinski definition) is 2. The number of pyridine rings is 1. The fraction of sp³-hybridized carbons (Fsp3) is 0.538. The molecule has 0 aromatic carbocycles. The van der Waals surface area contributed by atoms with E-state index in [1.807, 2.05) is 17.0 Å². The van der Waals surface area contributed by atoms with E-state index in [1.165, 1.54) is 0 Å². The molecule has 0 aliphatic carbocycles. The number of nitrogens with zero attached hydrogens (tertiary/aromatic N) is 2. The molecule has 1 aliphatic rings. The Morgan fingerprint density at radius 2 is 2.24 bits per heavy atom. The third-order valence-electron chi connectivity index (χ3n) is 3.58. The van der Waals surface area contributed by atoms with E-state index in [0.29, 0.717) is 17.5 Å². The Morgan fingerprint density at radius 3 is 2.88 bits per heavy atom. The number of aromatic nitrogens is 1. The standard InChI is InChI=1S/C13H17BrN2O/c1-9-5-7-16(8-10(9)2)13(17)12-11(14)4-3-6-15-12/h3-4,6,9-10H,5,7-8H2,1-2H3. The summed E-state index contributed by atoms with van der Waals surface area (Å²) in [6.07, 6.45) is 2.74. The molecule has 3 nitrogen and oxygen atoms in total. The van der Waals surface area contributed by atoms with Gasteiger partial charge in [0.15, 0.2) is 0 Å². The second-order valence-electron chi connectivity index (χ2n) is 4.83. The van der Waals surface area contributed by atoms with E-state index in [4.69, 9.17) is 0 Å². The van der Waals surface area contributed by atoms with Gasteiger partial charge in [-0.1, -0.05) is 13.8 Å². The highest BCUT2D eigenvalue weighted by molar-refractivity contribution is 9.10. The van der Waals surface area contributed by atoms with Crippen LogP contribution >= 0.6 is 15.9 Å². The minimum absolute atomic E-state index is 0.0382. The van der Waals surface area contributed by atoms with Gasteiger partial charge in [-0.05, 0) is 46.3 Å². The molecule has 2 heterocycles. The first-order valence-electron chi connectivity index (χ1n) is 5.99. The molecular weight excluding hydrogens is 280 g/mol. The molecule has 92 valence electrons. The van der Waals surface area contributed by atoms with Crippen molar-refractivity contribution in [2.75, 3.05) is 13.1 Å². The lowest BCUT2D eigenvalue weighted by molar-refractivity contribution is 0.0620. The maximum absolute atomic E-state index is 12.3. The number of carbonyl (C=O) groups is 1. The van der Waals surface area contributed by atoms with Crippen LogP contribution in [0.4, 0.5) is 0 Å². The third kappa shape index (κ3) is 2.68. The average Bonchev–Trinajstić information content (AvgIpc) is 2.32. The molecule has 17 heavy (non-hydrogen) atoms. The summed E-state index contributed by atoms with van der Waals surface area (Å²) < 4.78 is 0.774. The zero-order chi connectivity index (χ0) is 12.4. The van der Waals surface area contributed by atoms with Gasteiger partial charge in [-0.25, -0.2) is 4.98 Å². The summed E-state index contributed by atoms with van der Waals surface area (Å²) >= 11 is 3.38. The normalized spacial score (nSPS) is 24.8. The molecule has 2 atom stereocenters. The molecule has 1 saturated heterocycles. The van der Waals surface area contributed by atoms with Crippen molar-refractivity contribution in [2.45, 2.75) is 20.3 Å². The first kappa shape index (κ1) is 12.6. The van der Waals surface area contributed by atoms with Crippen LogP contribution in [-0.4, -0.2) is 28.9 Å². The van der Waals surface area contributed by atoms with Crippen molar-refractivity contribution in [3.8, 4) is 0 Å². The lowest BCUT2D eigenvalue weighted by Crippen LogP contribution is -2.42. The number of piperidine rings is 1. The molecule has 1 aromatic rings. The summed E-state index contributed by atoms with van der Waals surface area (Å²) in [4.78, 5) is 18.4. The van der Waals surface area contributed by atoms with E-state index in [2.05, 4.69) is 34.8 Å². The molecule has 4 heteroatoms. The fourth-order valence-corrected chi connectivity index (χ4v) is 2.56. The molecule has 0 N–H and O–H groups in total. The highest BCUT2D eigenvalue weighted by Gasteiger charge is 2.27. The smallest absolute Gasteiger partial charge is 0.273 e. The molecule has 2 unspecified atom stereocenters. The molecule has 0 bridgehead atoms. The maximum atomic E-state index is 12.3. The minimum Gasteiger partial charge on any atom is -0.337 e. The lowest BCUT2D eigenvalue weighted by atomic mass is 9.88. The van der Waals surface area contributed by atoms with Gasteiger partial charge in [-0.15, -0.1) is 0 Å². The van der Waals surface area contributed by atoms with Crippen molar-refractivity contribution >= 4 is 21.8 Å². The molecule has 0 radical (unpaired) electrons. The van der Waals surface area contributed by atoms with Crippen LogP contribution in [0.25, 0.3) is 0 Å². The monoisotopic (exact) mass is 296 g/mol. The average molecular weight is 297 g/mol. The van der Waals surface area contributed by atoms with Gasteiger partial charge < -0.3 is 4.90 Å². The predicted molar refractivity (Wildman–Crippen MR) is 70.8 cm³/mol. The Kier molecular flexibility index (Phi) is 3.82. The highest BCUT2D eigenvalue weighted by Crippen LogP contribution is 2.24. The summed E-state index contributed by atoms with van der Waals surface area (Å²) in [6, 6.07) is 3.68. The van der Waals surface area contributed by atoms with Crippen molar-refractivity contribution < 1.29 is 4.79 Å². The van der Waals surface area contributed by atoms with Gasteiger partial charge >= 0.3 is 0 Å². The number of amides is 1. The summed E-state index contributed by atoms with van der Waals surface area (Å²) in [7, 11) is 0. The quantitative estimate of drug-likeness (QED) is 0.798. The van der Waals surface area contributed by atoms with Gasteiger partial charge in [0.05, 0.1) is 0 Å². The first-order chi connectivity index (χ1) is 8.09. The van der Waals surface area contributed by atoms with E-state index >= 15 is 0 Å². The topological polar surface area (TPSA) is 33.2 Å². The van der Waals surface area contributed by atoms with Crippen molar-refractivity contribution in [2.24, 2.45) is 11.8 Å². The van der Waals surface area contributed by atoms with Crippen LogP contribution < -0.4 is 0 Å². The number of hydrogen-bond donors (Lipinski definition) is 0. The maximum Gasteiger partial charge on any atom is 0.273 e. The number of likely N-dealkylation sites (tertiary alicyclic amines) is 1. The van der Waals surface area contributed by atoms with Crippen LogP contribution in [0.15, 0.2) is 22.8 Å². The van der Waals surface area contributed by atoms with E-state index in [1.54, 1.807) is 6.20 Å². The van der Waals surface area contributed by atoms with Gasteiger partial charge in [-0.2, -0.15) is 0 Å². The molecule has 0 spiro atoms. The molecule has 1 aliphatic heterocycles. The molecule has 1 fully saturated rings. The molecular formula is C13H17BrN2O. The number of rotatable bonds is 1. The van der Waals surface area contributed by atoms with Crippen LogP contribution in [0.1, 0.15) is 30.8 Å². The van der Waals surface area contributed by atoms with Gasteiger partial charge in [0.2, 0.25) is 0 Å². The lowest BCUT2D eigenvalue weighted by Gasteiger charge is -2.35. The third-order valence-corrected chi connectivity index (χ3v) is 4.22. The van der Waals surface area contributed by atoms with E-state index in [9.17, 15) is 4.79 Å². The largest absolute Gasteiger partial charge is 0.337 e. The van der Waals surface area contributed by atoms with Crippen LogP contribution in [0.3, 0.4) is 0 Å². The SMILES string of the molecule is CC1CCN(C(=O)c2ncccc2Br)CC1C. The van der Waals surface area contributed by atoms with Gasteiger partial charge in [0.1, 0.15) is 5.69 Å². The molecule has 1 amide bonds. The van der Waals surface area contributed by atoms with Crippen molar-refractivity contribution in [3.05, 3.63) is 28.5 Å². The van der Waals surface area contributed by atoms with E-state index < -0.39 is 0 Å². The van der Waals surface area contributed by atoms with Gasteiger partial charge in [-0.3, -0.25) is 4.79 Å². The second-order valence-corrected chi connectivity index (χ2v) is 5.68. The molecule has 0 saturated carbocycles. The summed E-state index contributed by atoms with van der Waals surface area (Å²) in [5.41, 5.74) is 0.522. The fourth-order valence-electron chi connectivity index (χ4n) is 2.14. The number of carbonyl (C=O) groups excluding carboxylic acids is 1. The summed E-state index contributed by atoms with van der Waals surface area (Å²) in [6.45, 7) is 6.14. The predicted octanol–water partition coefficient (Wildman–Crippen LogP) is 2.96. The van der Waals surface area contributed by atoms with Gasteiger partial charge in [0.25, 0.3) is 5.91 Å². The van der Waals surface area contributed by atoms with Gasteiger partial charge in [0, 0.05) is 23.8 Å². The van der Waals surface area contributed by atoms with Crippen LogP contribution in [0, 0.1) is 11.8 Å². The Morgan fingerprint density at radius 1 is 1.47 bits per heavy atom. The van der Waals surface area contributed by atoms with Crippen molar-refractivity contribution in [1.29, 1.82) is 0 Å². The summed E-state index contributed by atoms with van der Waals surface area (Å²) in [5.74, 6) is 1.30. The molecule has 1 aromatic heterocycles. The zero-order valence-corrected chi connectivity index (χ0v) is 11.8. The highest BCUT2D eigenvalue weighted by atomic mass is 79.9. The first-order valence-corrected chi connectivity index (χ1v) is 6.78. The summed E-state index contributed by atoms with van der Waals surface area (Å²) in [5, 5.41) is 0.